The lowest BCUT2D eigenvalue weighted by atomic mass is 9.78. The Morgan fingerprint density at radius 2 is 2.12 bits per heavy atom. The third-order valence-corrected chi connectivity index (χ3v) is 4.81. The minimum Gasteiger partial charge on any atom is -0.453 e. The summed E-state index contributed by atoms with van der Waals surface area (Å²) in [6.45, 7) is 7.67. The van der Waals surface area contributed by atoms with Crippen molar-refractivity contribution in [2.24, 2.45) is 11.8 Å². The lowest BCUT2D eigenvalue weighted by Crippen LogP contribution is -2.49. The lowest BCUT2D eigenvalue weighted by Gasteiger charge is -2.34. The lowest BCUT2D eigenvalue weighted by molar-refractivity contribution is -0.162. The molecule has 1 heterocycles. The summed E-state index contributed by atoms with van der Waals surface area (Å²) < 4.78 is 5.42. The average Bonchev–Trinajstić information content (AvgIpc) is 2.56. The fourth-order valence-corrected chi connectivity index (χ4v) is 3.30. The number of hydrogen-bond donors (Lipinski definition) is 0. The number of fused-ring (bicyclic) bond motifs is 1. The van der Waals surface area contributed by atoms with Crippen molar-refractivity contribution in [1.29, 1.82) is 0 Å². The number of rotatable bonds is 8. The van der Waals surface area contributed by atoms with Crippen molar-refractivity contribution < 1.29 is 19.1 Å². The van der Waals surface area contributed by atoms with Gasteiger partial charge in [-0.1, -0.05) is 32.4 Å². The number of carbonyl (C=O) groups excluding carboxylic acids is 3. The summed E-state index contributed by atoms with van der Waals surface area (Å²) in [4.78, 5) is 39.6. The van der Waals surface area contributed by atoms with Crippen LogP contribution in [0.4, 0.5) is 0 Å². The molecule has 2 rings (SSSR count). The summed E-state index contributed by atoms with van der Waals surface area (Å²) in [5.41, 5.74) is 0.518. The summed E-state index contributed by atoms with van der Waals surface area (Å²) >= 11 is 0. The van der Waals surface area contributed by atoms with Crippen LogP contribution in [0.3, 0.4) is 0 Å². The molecule has 1 fully saturated rings. The number of Topliss-reactive ketones (excluding diaryl/α,β-unsaturated/α-hetero) is 2. The van der Waals surface area contributed by atoms with E-state index in [9.17, 15) is 14.4 Å². The number of allylic oxidation sites excluding steroid dienone is 2. The predicted molar refractivity (Wildman–Crippen MR) is 91.4 cm³/mol. The molecule has 1 aliphatic heterocycles. The van der Waals surface area contributed by atoms with E-state index < -0.39 is 23.9 Å². The summed E-state index contributed by atoms with van der Waals surface area (Å²) in [5.74, 6) is -2.60. The molecule has 24 heavy (non-hydrogen) atoms. The van der Waals surface area contributed by atoms with Crippen molar-refractivity contribution in [2.45, 2.75) is 46.1 Å². The first-order valence-corrected chi connectivity index (χ1v) is 8.83. The molecule has 0 radical (unpaired) electrons. The number of ketones is 2. The summed E-state index contributed by atoms with van der Waals surface area (Å²) in [6.07, 6.45) is 7.59. The van der Waals surface area contributed by atoms with Crippen molar-refractivity contribution in [3.8, 4) is 0 Å². The third kappa shape index (κ3) is 4.01. The number of ether oxygens (including phenoxy) is 1. The molecule has 0 aromatic carbocycles. The number of hydrogen-bond acceptors (Lipinski definition) is 5. The zero-order valence-electron chi connectivity index (χ0n) is 14.8. The van der Waals surface area contributed by atoms with Gasteiger partial charge in [-0.15, -0.1) is 0 Å². The number of carbonyl (C=O) groups is 3. The summed E-state index contributed by atoms with van der Waals surface area (Å²) in [5, 5.41) is 0. The Balaban J connectivity index is 2.20. The van der Waals surface area contributed by atoms with E-state index in [-0.39, 0.29) is 11.6 Å². The fourth-order valence-electron chi connectivity index (χ4n) is 3.30. The standard InChI is InChI=1S/C19H27NO4/c1-4-6-11-20(5-2)12-15(13(3)21)17-18(22)14-9-7-8-10-16(14)24-19(17)23/h8-10,15-17H,4-7,11-12H2,1-3H3. The van der Waals surface area contributed by atoms with Gasteiger partial charge >= 0.3 is 5.97 Å². The Kier molecular flexibility index (Phi) is 6.49. The van der Waals surface area contributed by atoms with Crippen LogP contribution >= 0.6 is 0 Å². The number of esters is 1. The monoisotopic (exact) mass is 333 g/mol. The SMILES string of the molecule is CCCCN(CC)CC(C(C)=O)C1C(=O)OC2C=CCC=C2C1=O. The van der Waals surface area contributed by atoms with E-state index in [4.69, 9.17) is 4.74 Å². The highest BCUT2D eigenvalue weighted by Crippen LogP contribution is 2.31. The molecule has 3 atom stereocenters. The Morgan fingerprint density at radius 1 is 1.38 bits per heavy atom. The molecule has 1 aliphatic carbocycles. The second-order valence-corrected chi connectivity index (χ2v) is 6.49. The molecule has 0 bridgehead atoms. The summed E-state index contributed by atoms with van der Waals surface area (Å²) in [6, 6.07) is 0. The van der Waals surface area contributed by atoms with Crippen LogP contribution in [0.15, 0.2) is 23.8 Å². The zero-order chi connectivity index (χ0) is 17.7. The van der Waals surface area contributed by atoms with Gasteiger partial charge in [0.15, 0.2) is 5.78 Å². The first-order valence-electron chi connectivity index (χ1n) is 8.83. The van der Waals surface area contributed by atoms with Gasteiger partial charge in [-0.25, -0.2) is 0 Å². The first-order chi connectivity index (χ1) is 11.5. The van der Waals surface area contributed by atoms with Gasteiger partial charge in [0.1, 0.15) is 17.8 Å². The van der Waals surface area contributed by atoms with Gasteiger partial charge in [-0.3, -0.25) is 14.4 Å². The Bertz CT molecular complexity index is 564. The molecule has 5 heteroatoms. The summed E-state index contributed by atoms with van der Waals surface area (Å²) in [7, 11) is 0. The topological polar surface area (TPSA) is 63.7 Å². The minimum absolute atomic E-state index is 0.134. The maximum atomic E-state index is 12.8. The van der Waals surface area contributed by atoms with Crippen LogP contribution in [0, 0.1) is 11.8 Å². The fraction of sp³-hybridized carbons (Fsp3) is 0.632. The van der Waals surface area contributed by atoms with Crippen LogP contribution in [0.25, 0.3) is 0 Å². The zero-order valence-corrected chi connectivity index (χ0v) is 14.8. The molecule has 5 nitrogen and oxygen atoms in total. The molecular weight excluding hydrogens is 306 g/mol. The van der Waals surface area contributed by atoms with E-state index in [1.807, 2.05) is 13.0 Å². The molecule has 0 saturated carbocycles. The van der Waals surface area contributed by atoms with E-state index >= 15 is 0 Å². The molecule has 0 aromatic heterocycles. The van der Waals surface area contributed by atoms with E-state index in [2.05, 4.69) is 11.8 Å². The molecule has 0 spiro atoms. The molecule has 3 unspecified atom stereocenters. The highest BCUT2D eigenvalue weighted by Gasteiger charge is 2.46. The van der Waals surface area contributed by atoms with Gasteiger partial charge in [-0.05, 0) is 38.9 Å². The van der Waals surface area contributed by atoms with E-state index in [1.54, 1.807) is 12.2 Å². The maximum absolute atomic E-state index is 12.8. The molecule has 0 aromatic rings. The van der Waals surface area contributed by atoms with Gasteiger partial charge in [0.05, 0.1) is 5.92 Å². The number of nitrogens with zero attached hydrogens (tertiary/aromatic N) is 1. The van der Waals surface area contributed by atoms with Gasteiger partial charge in [0, 0.05) is 12.1 Å². The predicted octanol–water partition coefficient (Wildman–Crippen LogP) is 2.31. The number of unbranched alkanes of at least 4 members (excludes halogenated alkanes) is 1. The van der Waals surface area contributed by atoms with Crippen LogP contribution in [0.5, 0.6) is 0 Å². The van der Waals surface area contributed by atoms with Crippen molar-refractivity contribution in [3.63, 3.8) is 0 Å². The van der Waals surface area contributed by atoms with Crippen LogP contribution in [0.1, 0.15) is 40.0 Å². The van der Waals surface area contributed by atoms with Crippen molar-refractivity contribution in [1.82, 2.24) is 4.90 Å². The van der Waals surface area contributed by atoms with E-state index in [0.717, 1.165) is 25.9 Å². The highest BCUT2D eigenvalue weighted by atomic mass is 16.5. The van der Waals surface area contributed by atoms with Crippen LogP contribution < -0.4 is 0 Å². The van der Waals surface area contributed by atoms with Gasteiger partial charge in [0.2, 0.25) is 0 Å². The largest absolute Gasteiger partial charge is 0.453 e. The molecular formula is C19H27NO4. The van der Waals surface area contributed by atoms with Crippen molar-refractivity contribution in [2.75, 3.05) is 19.6 Å². The van der Waals surface area contributed by atoms with E-state index in [1.165, 1.54) is 6.92 Å². The molecule has 0 N–H and O–H groups in total. The third-order valence-electron chi connectivity index (χ3n) is 4.81. The van der Waals surface area contributed by atoms with Crippen LogP contribution in [0.2, 0.25) is 0 Å². The van der Waals surface area contributed by atoms with Gasteiger partial charge in [-0.2, -0.15) is 0 Å². The van der Waals surface area contributed by atoms with E-state index in [0.29, 0.717) is 18.5 Å². The Hall–Kier alpha value is -1.75. The highest BCUT2D eigenvalue weighted by molar-refractivity contribution is 6.13. The maximum Gasteiger partial charge on any atom is 0.318 e. The molecule has 0 amide bonds. The normalized spacial score (nSPS) is 24.4. The molecule has 1 saturated heterocycles. The first kappa shape index (κ1) is 18.6. The molecule has 132 valence electrons. The van der Waals surface area contributed by atoms with Crippen molar-refractivity contribution >= 4 is 17.5 Å². The average molecular weight is 333 g/mol. The Morgan fingerprint density at radius 3 is 2.75 bits per heavy atom. The molecule has 2 aliphatic rings. The second kappa shape index (κ2) is 8.38. The minimum atomic E-state index is -1.01. The quantitative estimate of drug-likeness (QED) is 0.387. The van der Waals surface area contributed by atoms with Crippen molar-refractivity contribution in [3.05, 3.63) is 23.8 Å². The van der Waals surface area contributed by atoms with Crippen LogP contribution in [-0.4, -0.2) is 48.2 Å². The van der Waals surface area contributed by atoms with Gasteiger partial charge < -0.3 is 9.64 Å². The van der Waals surface area contributed by atoms with Crippen LogP contribution in [-0.2, 0) is 19.1 Å². The Labute approximate surface area is 143 Å². The van der Waals surface area contributed by atoms with Gasteiger partial charge in [0.25, 0.3) is 0 Å². The second-order valence-electron chi connectivity index (χ2n) is 6.49. The smallest absolute Gasteiger partial charge is 0.318 e.